The molecule has 0 saturated carbocycles. The second-order valence-electron chi connectivity index (χ2n) is 4.60. The van der Waals surface area contributed by atoms with Crippen molar-refractivity contribution in [2.24, 2.45) is 0 Å². The summed E-state index contributed by atoms with van der Waals surface area (Å²) in [5, 5.41) is 15.1. The van der Waals surface area contributed by atoms with Gasteiger partial charge >= 0.3 is 0 Å². The van der Waals surface area contributed by atoms with E-state index in [1.165, 1.54) is 12.1 Å². The molecule has 110 valence electrons. The third-order valence-electron chi connectivity index (χ3n) is 2.96. The van der Waals surface area contributed by atoms with Crippen LogP contribution in [0, 0.1) is 10.1 Å². The molecule has 7 heteroatoms. The van der Waals surface area contributed by atoms with Gasteiger partial charge in [-0.25, -0.2) is 0 Å². The van der Waals surface area contributed by atoms with Crippen LogP contribution in [0.5, 0.6) is 0 Å². The minimum absolute atomic E-state index is 0.0631. The summed E-state index contributed by atoms with van der Waals surface area (Å²) in [5.74, 6) is 0. The van der Waals surface area contributed by atoms with Crippen molar-refractivity contribution in [1.82, 2.24) is 0 Å². The van der Waals surface area contributed by atoms with Crippen molar-refractivity contribution in [3.8, 4) is 0 Å². The standard InChI is InChI=1S/C14H13Cl2N3O2/c1-8(13-3-2-9(15)4-14(13)16)18-11-5-10(17)6-12(7-11)19(20)21/h2-8,18H,17H2,1H3. The van der Waals surface area contributed by atoms with Crippen LogP contribution in [-0.4, -0.2) is 4.92 Å². The first kappa shape index (κ1) is 15.4. The molecule has 0 aliphatic heterocycles. The molecular formula is C14H13Cl2N3O2. The van der Waals surface area contributed by atoms with E-state index in [2.05, 4.69) is 5.32 Å². The van der Waals surface area contributed by atoms with Gasteiger partial charge in [-0.15, -0.1) is 0 Å². The molecule has 5 nitrogen and oxygen atoms in total. The Balaban J connectivity index is 2.27. The highest BCUT2D eigenvalue weighted by Crippen LogP contribution is 2.30. The van der Waals surface area contributed by atoms with Gasteiger partial charge in [-0.1, -0.05) is 29.3 Å². The normalized spacial score (nSPS) is 12.0. The molecule has 0 bridgehead atoms. The van der Waals surface area contributed by atoms with Gasteiger partial charge in [-0.05, 0) is 30.7 Å². The lowest BCUT2D eigenvalue weighted by Crippen LogP contribution is -2.08. The summed E-state index contributed by atoms with van der Waals surface area (Å²) >= 11 is 12.0. The third kappa shape index (κ3) is 3.77. The molecule has 0 spiro atoms. The Morgan fingerprint density at radius 1 is 1.24 bits per heavy atom. The highest BCUT2D eigenvalue weighted by molar-refractivity contribution is 6.35. The molecule has 1 atom stereocenters. The largest absolute Gasteiger partial charge is 0.398 e. The fourth-order valence-electron chi connectivity index (χ4n) is 2.00. The Bertz CT molecular complexity index is 692. The molecule has 0 aliphatic rings. The minimum atomic E-state index is -0.485. The van der Waals surface area contributed by atoms with Crippen LogP contribution in [0.4, 0.5) is 17.1 Å². The van der Waals surface area contributed by atoms with Crippen LogP contribution in [0.1, 0.15) is 18.5 Å². The topological polar surface area (TPSA) is 81.2 Å². The molecule has 2 rings (SSSR count). The number of nitrogen functional groups attached to an aromatic ring is 1. The van der Waals surface area contributed by atoms with E-state index in [-0.39, 0.29) is 11.7 Å². The molecule has 0 radical (unpaired) electrons. The van der Waals surface area contributed by atoms with Crippen molar-refractivity contribution in [3.05, 3.63) is 62.1 Å². The highest BCUT2D eigenvalue weighted by atomic mass is 35.5. The summed E-state index contributed by atoms with van der Waals surface area (Å²) in [6.45, 7) is 1.89. The average Bonchev–Trinajstić information content (AvgIpc) is 2.37. The van der Waals surface area contributed by atoms with E-state index in [9.17, 15) is 10.1 Å². The molecule has 0 heterocycles. The SMILES string of the molecule is CC(Nc1cc(N)cc([N+](=O)[O-])c1)c1ccc(Cl)cc1Cl. The van der Waals surface area contributed by atoms with E-state index < -0.39 is 4.92 Å². The molecule has 2 aromatic rings. The number of nitrogens with zero attached hydrogens (tertiary/aromatic N) is 1. The second-order valence-corrected chi connectivity index (χ2v) is 5.45. The summed E-state index contributed by atoms with van der Waals surface area (Å²) in [6, 6.07) is 9.41. The van der Waals surface area contributed by atoms with Gasteiger partial charge in [-0.3, -0.25) is 10.1 Å². The number of rotatable bonds is 4. The molecule has 3 N–H and O–H groups in total. The molecule has 0 fully saturated rings. The van der Waals surface area contributed by atoms with E-state index in [0.29, 0.717) is 21.4 Å². The van der Waals surface area contributed by atoms with Gasteiger partial charge in [0, 0.05) is 39.6 Å². The predicted octanol–water partition coefficient (Wildman–Crippen LogP) is 4.66. The summed E-state index contributed by atoms with van der Waals surface area (Å²) in [4.78, 5) is 10.4. The minimum Gasteiger partial charge on any atom is -0.398 e. The maximum atomic E-state index is 10.8. The number of non-ortho nitro benzene ring substituents is 1. The number of halogens is 2. The third-order valence-corrected chi connectivity index (χ3v) is 3.53. The lowest BCUT2D eigenvalue weighted by molar-refractivity contribution is -0.384. The van der Waals surface area contributed by atoms with Crippen molar-refractivity contribution in [3.63, 3.8) is 0 Å². The van der Waals surface area contributed by atoms with Crippen LogP contribution in [-0.2, 0) is 0 Å². The molecular weight excluding hydrogens is 313 g/mol. The first-order valence-corrected chi connectivity index (χ1v) is 6.89. The zero-order valence-corrected chi connectivity index (χ0v) is 12.7. The highest BCUT2D eigenvalue weighted by Gasteiger charge is 2.13. The summed E-state index contributed by atoms with van der Waals surface area (Å²) in [7, 11) is 0. The number of nitro benzene ring substituents is 1. The summed E-state index contributed by atoms with van der Waals surface area (Å²) in [5.41, 5.74) is 7.33. The first-order valence-electron chi connectivity index (χ1n) is 6.13. The molecule has 0 saturated heterocycles. The van der Waals surface area contributed by atoms with E-state index in [1.807, 2.05) is 13.0 Å². The number of hydrogen-bond donors (Lipinski definition) is 2. The second kappa shape index (κ2) is 6.20. The fraction of sp³-hybridized carbons (Fsp3) is 0.143. The maximum absolute atomic E-state index is 10.8. The Hall–Kier alpha value is -1.98. The molecule has 0 aliphatic carbocycles. The lowest BCUT2D eigenvalue weighted by Gasteiger charge is -2.17. The van der Waals surface area contributed by atoms with Crippen molar-refractivity contribution >= 4 is 40.3 Å². The Labute approximate surface area is 131 Å². The van der Waals surface area contributed by atoms with Gasteiger partial charge in [0.2, 0.25) is 0 Å². The van der Waals surface area contributed by atoms with Gasteiger partial charge in [0.15, 0.2) is 0 Å². The van der Waals surface area contributed by atoms with Crippen molar-refractivity contribution in [2.45, 2.75) is 13.0 Å². The van der Waals surface area contributed by atoms with Crippen LogP contribution in [0.3, 0.4) is 0 Å². The van der Waals surface area contributed by atoms with Crippen molar-refractivity contribution in [1.29, 1.82) is 0 Å². The van der Waals surface area contributed by atoms with Gasteiger partial charge < -0.3 is 11.1 Å². The molecule has 1 unspecified atom stereocenters. The monoisotopic (exact) mass is 325 g/mol. The van der Waals surface area contributed by atoms with Crippen molar-refractivity contribution < 1.29 is 4.92 Å². The number of nitrogens with two attached hydrogens (primary N) is 1. The lowest BCUT2D eigenvalue weighted by atomic mass is 10.1. The Kier molecular flexibility index (Phi) is 4.55. The van der Waals surface area contributed by atoms with E-state index >= 15 is 0 Å². The van der Waals surface area contributed by atoms with E-state index in [1.54, 1.807) is 18.2 Å². The quantitative estimate of drug-likeness (QED) is 0.486. The average molecular weight is 326 g/mol. The summed E-state index contributed by atoms with van der Waals surface area (Å²) < 4.78 is 0. The number of nitro groups is 1. The van der Waals surface area contributed by atoms with Gasteiger partial charge in [0.05, 0.1) is 4.92 Å². The van der Waals surface area contributed by atoms with Gasteiger partial charge in [0.1, 0.15) is 0 Å². The smallest absolute Gasteiger partial charge is 0.273 e. The number of nitrogens with one attached hydrogen (secondary N) is 1. The number of anilines is 2. The van der Waals surface area contributed by atoms with E-state index in [0.717, 1.165) is 5.56 Å². The molecule has 21 heavy (non-hydrogen) atoms. The van der Waals surface area contributed by atoms with Crippen LogP contribution < -0.4 is 11.1 Å². The van der Waals surface area contributed by atoms with Crippen LogP contribution in [0.25, 0.3) is 0 Å². The Morgan fingerprint density at radius 2 is 1.95 bits per heavy atom. The van der Waals surface area contributed by atoms with Gasteiger partial charge in [0.25, 0.3) is 5.69 Å². The number of benzene rings is 2. The summed E-state index contributed by atoms with van der Waals surface area (Å²) in [6.07, 6.45) is 0. The number of hydrogen-bond acceptors (Lipinski definition) is 4. The first-order chi connectivity index (χ1) is 9.86. The molecule has 0 aromatic heterocycles. The van der Waals surface area contributed by atoms with E-state index in [4.69, 9.17) is 28.9 Å². The Morgan fingerprint density at radius 3 is 2.57 bits per heavy atom. The predicted molar refractivity (Wildman–Crippen MR) is 86.0 cm³/mol. The maximum Gasteiger partial charge on any atom is 0.273 e. The fourth-order valence-corrected chi connectivity index (χ4v) is 2.58. The molecule has 2 aromatic carbocycles. The molecule has 0 amide bonds. The van der Waals surface area contributed by atoms with Gasteiger partial charge in [-0.2, -0.15) is 0 Å². The van der Waals surface area contributed by atoms with Crippen molar-refractivity contribution in [2.75, 3.05) is 11.1 Å². The zero-order chi connectivity index (χ0) is 15.6. The zero-order valence-electron chi connectivity index (χ0n) is 11.1. The van der Waals surface area contributed by atoms with Crippen LogP contribution in [0.15, 0.2) is 36.4 Å². The van der Waals surface area contributed by atoms with Crippen LogP contribution in [0.2, 0.25) is 10.0 Å². The van der Waals surface area contributed by atoms with Crippen LogP contribution >= 0.6 is 23.2 Å².